The van der Waals surface area contributed by atoms with Crippen LogP contribution in [0, 0.1) is 0 Å². The first-order valence-corrected chi connectivity index (χ1v) is 7.78. The molecule has 0 unspecified atom stereocenters. The summed E-state index contributed by atoms with van der Waals surface area (Å²) in [5.74, 6) is 0.479. The van der Waals surface area contributed by atoms with Gasteiger partial charge in [-0.15, -0.1) is 0 Å². The van der Waals surface area contributed by atoms with Crippen LogP contribution in [-0.4, -0.2) is 29.0 Å². The van der Waals surface area contributed by atoms with E-state index in [2.05, 4.69) is 52.0 Å². The molecule has 0 radical (unpaired) electrons. The van der Waals surface area contributed by atoms with Gasteiger partial charge in [-0.05, 0) is 64.4 Å². The Morgan fingerprint density at radius 2 is 1.43 bits per heavy atom. The third-order valence-corrected chi connectivity index (χ3v) is 5.31. The molecule has 1 aliphatic carbocycles. The molecular formula is C17H25BO3. The topological polar surface area (TPSA) is 38.7 Å². The number of hydrogen-bond acceptors (Lipinski definition) is 3. The minimum absolute atomic E-state index is 0.298. The fourth-order valence-corrected chi connectivity index (χ4v) is 3.14. The van der Waals surface area contributed by atoms with Gasteiger partial charge in [-0.25, -0.2) is 0 Å². The van der Waals surface area contributed by atoms with E-state index in [0.29, 0.717) is 5.92 Å². The normalized spacial score (nSPS) is 33.8. The maximum atomic E-state index is 9.85. The molecule has 2 aliphatic rings. The highest BCUT2D eigenvalue weighted by molar-refractivity contribution is 6.62. The summed E-state index contributed by atoms with van der Waals surface area (Å²) in [6.07, 6.45) is 1.70. The van der Waals surface area contributed by atoms with Crippen molar-refractivity contribution in [2.24, 2.45) is 0 Å². The molecule has 3 nitrogen and oxygen atoms in total. The van der Waals surface area contributed by atoms with Crippen LogP contribution in [0.2, 0.25) is 0 Å². The average molecular weight is 288 g/mol. The van der Waals surface area contributed by atoms with Crippen LogP contribution in [0.5, 0.6) is 0 Å². The zero-order chi connectivity index (χ0) is 15.5. The molecule has 3 rings (SSSR count). The van der Waals surface area contributed by atoms with Crippen molar-refractivity contribution in [1.82, 2.24) is 0 Å². The second-order valence-corrected chi connectivity index (χ2v) is 7.86. The summed E-state index contributed by atoms with van der Waals surface area (Å²) < 4.78 is 12.1. The SMILES string of the molecule is CC1(O)CC(c2ccc(B3OC(C)(C)C(C)(C)O3)cc2)C1. The van der Waals surface area contributed by atoms with Crippen molar-refractivity contribution in [1.29, 1.82) is 0 Å². The molecule has 1 saturated heterocycles. The number of benzene rings is 1. The van der Waals surface area contributed by atoms with Crippen LogP contribution in [0.3, 0.4) is 0 Å². The van der Waals surface area contributed by atoms with Gasteiger partial charge in [0.15, 0.2) is 0 Å². The smallest absolute Gasteiger partial charge is 0.399 e. The Kier molecular flexibility index (Phi) is 3.29. The lowest BCUT2D eigenvalue weighted by Crippen LogP contribution is -2.41. The maximum Gasteiger partial charge on any atom is 0.494 e. The van der Waals surface area contributed by atoms with E-state index in [1.165, 1.54) is 5.56 Å². The van der Waals surface area contributed by atoms with Gasteiger partial charge in [0.25, 0.3) is 0 Å². The Morgan fingerprint density at radius 3 is 1.86 bits per heavy atom. The van der Waals surface area contributed by atoms with E-state index in [4.69, 9.17) is 9.31 Å². The van der Waals surface area contributed by atoms with E-state index in [9.17, 15) is 5.11 Å². The van der Waals surface area contributed by atoms with Gasteiger partial charge < -0.3 is 14.4 Å². The average Bonchev–Trinajstić information content (AvgIpc) is 2.56. The van der Waals surface area contributed by atoms with Crippen LogP contribution in [0.25, 0.3) is 0 Å². The molecule has 1 heterocycles. The molecule has 21 heavy (non-hydrogen) atoms. The van der Waals surface area contributed by atoms with Gasteiger partial charge in [0.2, 0.25) is 0 Å². The predicted octanol–water partition coefficient (Wildman–Crippen LogP) is 2.61. The summed E-state index contributed by atoms with van der Waals surface area (Å²) in [6, 6.07) is 8.45. The van der Waals surface area contributed by atoms with Crippen LogP contribution in [0.15, 0.2) is 24.3 Å². The van der Waals surface area contributed by atoms with Crippen LogP contribution < -0.4 is 5.46 Å². The Balaban J connectivity index is 1.71. The van der Waals surface area contributed by atoms with Crippen molar-refractivity contribution in [3.05, 3.63) is 29.8 Å². The number of hydrogen-bond donors (Lipinski definition) is 1. The van der Waals surface area contributed by atoms with E-state index in [0.717, 1.165) is 18.3 Å². The fourth-order valence-electron chi connectivity index (χ4n) is 3.14. The molecule has 1 saturated carbocycles. The molecule has 4 heteroatoms. The summed E-state index contributed by atoms with van der Waals surface area (Å²) in [5.41, 5.74) is 1.27. The minimum Gasteiger partial charge on any atom is -0.399 e. The third kappa shape index (κ3) is 2.65. The monoisotopic (exact) mass is 288 g/mol. The molecular weight excluding hydrogens is 263 g/mol. The lowest BCUT2D eigenvalue weighted by molar-refractivity contribution is -0.0313. The van der Waals surface area contributed by atoms with Gasteiger partial charge in [-0.3, -0.25) is 0 Å². The molecule has 1 aromatic carbocycles. The summed E-state index contributed by atoms with van der Waals surface area (Å²) in [6.45, 7) is 10.2. The van der Waals surface area contributed by atoms with Crippen molar-refractivity contribution in [3.63, 3.8) is 0 Å². The molecule has 0 atom stereocenters. The number of aliphatic hydroxyl groups is 1. The van der Waals surface area contributed by atoms with Gasteiger partial charge >= 0.3 is 7.12 Å². The van der Waals surface area contributed by atoms with Crippen molar-refractivity contribution in [2.75, 3.05) is 0 Å². The quantitative estimate of drug-likeness (QED) is 0.850. The minimum atomic E-state index is -0.477. The van der Waals surface area contributed by atoms with Crippen molar-refractivity contribution in [2.45, 2.75) is 70.2 Å². The first kappa shape index (κ1) is 15.1. The largest absolute Gasteiger partial charge is 0.494 e. The molecule has 114 valence electrons. The molecule has 1 aliphatic heterocycles. The molecule has 2 fully saturated rings. The van der Waals surface area contributed by atoms with Crippen LogP contribution in [0.1, 0.15) is 58.9 Å². The zero-order valence-corrected chi connectivity index (χ0v) is 13.6. The Hall–Kier alpha value is -0.835. The second-order valence-electron chi connectivity index (χ2n) is 7.86. The predicted molar refractivity (Wildman–Crippen MR) is 84.8 cm³/mol. The molecule has 0 aromatic heterocycles. The van der Waals surface area contributed by atoms with E-state index >= 15 is 0 Å². The second kappa shape index (κ2) is 4.58. The molecule has 0 bridgehead atoms. The molecule has 0 spiro atoms. The Morgan fingerprint density at radius 1 is 0.952 bits per heavy atom. The number of rotatable bonds is 2. The lowest BCUT2D eigenvalue weighted by Gasteiger charge is -2.41. The molecule has 1 N–H and O–H groups in total. The first-order chi connectivity index (χ1) is 9.60. The van der Waals surface area contributed by atoms with E-state index in [1.54, 1.807) is 0 Å². The van der Waals surface area contributed by atoms with E-state index in [-0.39, 0.29) is 18.3 Å². The van der Waals surface area contributed by atoms with Gasteiger partial charge in [0.05, 0.1) is 16.8 Å². The Bertz CT molecular complexity index is 509. The van der Waals surface area contributed by atoms with Crippen molar-refractivity contribution < 1.29 is 14.4 Å². The summed E-state index contributed by atoms with van der Waals surface area (Å²) in [5, 5.41) is 9.85. The lowest BCUT2D eigenvalue weighted by atomic mass is 9.68. The van der Waals surface area contributed by atoms with Crippen LogP contribution in [0.4, 0.5) is 0 Å². The van der Waals surface area contributed by atoms with Crippen LogP contribution >= 0.6 is 0 Å². The van der Waals surface area contributed by atoms with Crippen molar-refractivity contribution in [3.8, 4) is 0 Å². The fraction of sp³-hybridized carbons (Fsp3) is 0.647. The highest BCUT2D eigenvalue weighted by atomic mass is 16.7. The van der Waals surface area contributed by atoms with E-state index < -0.39 is 5.60 Å². The van der Waals surface area contributed by atoms with Gasteiger partial charge in [-0.2, -0.15) is 0 Å². The highest BCUT2D eigenvalue weighted by Gasteiger charge is 2.51. The van der Waals surface area contributed by atoms with Gasteiger partial charge in [0, 0.05) is 0 Å². The van der Waals surface area contributed by atoms with Gasteiger partial charge in [0.1, 0.15) is 0 Å². The third-order valence-electron chi connectivity index (χ3n) is 5.31. The summed E-state index contributed by atoms with van der Waals surface area (Å²) >= 11 is 0. The first-order valence-electron chi connectivity index (χ1n) is 7.78. The zero-order valence-electron chi connectivity index (χ0n) is 13.6. The van der Waals surface area contributed by atoms with Crippen LogP contribution in [-0.2, 0) is 9.31 Å². The summed E-state index contributed by atoms with van der Waals surface area (Å²) in [7, 11) is -0.298. The summed E-state index contributed by atoms with van der Waals surface area (Å²) in [4.78, 5) is 0. The van der Waals surface area contributed by atoms with Crippen molar-refractivity contribution >= 4 is 12.6 Å². The van der Waals surface area contributed by atoms with E-state index in [1.807, 2.05) is 6.92 Å². The Labute approximate surface area is 127 Å². The van der Waals surface area contributed by atoms with Gasteiger partial charge in [-0.1, -0.05) is 24.3 Å². The highest BCUT2D eigenvalue weighted by Crippen LogP contribution is 2.44. The molecule has 0 amide bonds. The molecule has 1 aromatic rings. The standard InChI is InChI=1S/C17H25BO3/c1-15(2)16(3,4)21-18(20-15)14-8-6-12(7-9-14)13-10-17(5,19)11-13/h6-9,13,19H,10-11H2,1-5H3. The maximum absolute atomic E-state index is 9.85.